The highest BCUT2D eigenvalue weighted by Gasteiger charge is 2.36. The number of carbonyl (C=O) groups is 2. The van der Waals surface area contributed by atoms with Crippen molar-refractivity contribution in [2.75, 3.05) is 0 Å². The maximum atomic E-state index is 13.0. The Morgan fingerprint density at radius 3 is 2.47 bits per heavy atom. The molecule has 0 N–H and O–H groups in total. The van der Waals surface area contributed by atoms with E-state index in [1.807, 2.05) is 44.2 Å². The molecule has 9 heteroatoms. The average molecular weight is 559 g/mol. The Morgan fingerprint density at radius 2 is 1.78 bits per heavy atom. The van der Waals surface area contributed by atoms with Crippen LogP contribution in [-0.4, -0.2) is 25.5 Å². The fourth-order valence-electron chi connectivity index (χ4n) is 3.69. The molecular weight excluding hydrogens is 541 g/mol. The molecule has 4 rings (SSSR count). The van der Waals surface area contributed by atoms with Crippen LogP contribution in [0, 0.1) is 27.5 Å². The molecule has 0 bridgehead atoms. The van der Waals surface area contributed by atoms with E-state index in [2.05, 4.69) is 27.2 Å². The average Bonchev–Trinajstić information content (AvgIpc) is 3.18. The number of rotatable bonds is 5. The number of nitro benzene ring substituents is 1. The summed E-state index contributed by atoms with van der Waals surface area (Å²) in [5, 5.41) is 10.8. The van der Waals surface area contributed by atoms with Crippen molar-refractivity contribution >= 4 is 57.3 Å². The van der Waals surface area contributed by atoms with Gasteiger partial charge in [0.15, 0.2) is 0 Å². The molecule has 2 amide bonds. The van der Waals surface area contributed by atoms with Gasteiger partial charge in [0.05, 0.1) is 16.4 Å². The van der Waals surface area contributed by atoms with Crippen LogP contribution in [0.15, 0.2) is 59.5 Å². The summed E-state index contributed by atoms with van der Waals surface area (Å²) < 4.78 is 3.24. The molecule has 1 aliphatic heterocycles. The van der Waals surface area contributed by atoms with Gasteiger partial charge >= 0.3 is 0 Å². The number of imide groups is 1. The summed E-state index contributed by atoms with van der Waals surface area (Å²) in [6.07, 6.45) is 1.72. The maximum Gasteiger partial charge on any atom is 0.293 e. The molecular formula is C23H18IN3O4S. The highest BCUT2D eigenvalue weighted by atomic mass is 127. The number of aryl methyl sites for hydroxylation is 1. The number of hydrogen-bond acceptors (Lipinski definition) is 5. The highest BCUT2D eigenvalue weighted by Crippen LogP contribution is 2.35. The fourth-order valence-corrected chi connectivity index (χ4v) is 4.88. The molecule has 1 saturated heterocycles. The van der Waals surface area contributed by atoms with Gasteiger partial charge in [-0.05, 0) is 90.2 Å². The Bertz CT molecular complexity index is 1280. The fraction of sp³-hybridized carbons (Fsp3) is 0.130. The van der Waals surface area contributed by atoms with E-state index in [0.29, 0.717) is 10.5 Å². The molecule has 0 spiro atoms. The van der Waals surface area contributed by atoms with Crippen LogP contribution in [0.5, 0.6) is 0 Å². The molecule has 1 aromatic heterocycles. The van der Waals surface area contributed by atoms with Gasteiger partial charge < -0.3 is 4.57 Å². The van der Waals surface area contributed by atoms with Gasteiger partial charge in [-0.2, -0.15) is 0 Å². The molecule has 0 saturated carbocycles. The summed E-state index contributed by atoms with van der Waals surface area (Å²) in [4.78, 5) is 37.6. The standard InChI is InChI=1S/C23H18IN3O4S/c1-14-11-17(15(2)26(14)19-9-7-18(24)8-10-19)12-21-22(28)25(23(29)32-21)13-16-5-3-4-6-20(16)27(30)31/h3-12H,13H2,1-2H3/b21-12-. The van der Waals surface area contributed by atoms with Crippen molar-refractivity contribution in [2.24, 2.45) is 0 Å². The minimum absolute atomic E-state index is 0.114. The second-order valence-electron chi connectivity index (χ2n) is 7.29. The van der Waals surface area contributed by atoms with Gasteiger partial charge in [-0.3, -0.25) is 24.6 Å². The maximum absolute atomic E-state index is 13.0. The predicted octanol–water partition coefficient (Wildman–Crippen LogP) is 5.84. The number of amides is 2. The largest absolute Gasteiger partial charge is 0.318 e. The van der Waals surface area contributed by atoms with Crippen LogP contribution in [-0.2, 0) is 11.3 Å². The topological polar surface area (TPSA) is 85.5 Å². The monoisotopic (exact) mass is 559 g/mol. The van der Waals surface area contributed by atoms with E-state index in [9.17, 15) is 19.7 Å². The summed E-state index contributed by atoms with van der Waals surface area (Å²) in [6, 6.07) is 16.2. The predicted molar refractivity (Wildman–Crippen MR) is 133 cm³/mol. The number of nitro groups is 1. The quantitative estimate of drug-likeness (QED) is 0.170. The molecule has 3 aromatic rings. The van der Waals surface area contributed by atoms with Crippen LogP contribution in [0.4, 0.5) is 10.5 Å². The van der Waals surface area contributed by atoms with Crippen LogP contribution in [0.2, 0.25) is 0 Å². The third kappa shape index (κ3) is 4.22. The first-order chi connectivity index (χ1) is 15.3. The highest BCUT2D eigenvalue weighted by molar-refractivity contribution is 14.1. The van der Waals surface area contributed by atoms with Crippen molar-refractivity contribution in [2.45, 2.75) is 20.4 Å². The van der Waals surface area contributed by atoms with Crippen molar-refractivity contribution in [3.8, 4) is 5.69 Å². The smallest absolute Gasteiger partial charge is 0.293 e. The third-order valence-corrected chi connectivity index (χ3v) is 6.86. The first-order valence-corrected chi connectivity index (χ1v) is 11.6. The van der Waals surface area contributed by atoms with Gasteiger partial charge in [0, 0.05) is 32.3 Å². The zero-order valence-corrected chi connectivity index (χ0v) is 20.2. The lowest BCUT2D eigenvalue weighted by Crippen LogP contribution is -2.27. The summed E-state index contributed by atoms with van der Waals surface area (Å²) in [7, 11) is 0. The molecule has 32 heavy (non-hydrogen) atoms. The first kappa shape index (κ1) is 22.3. The molecule has 2 aromatic carbocycles. The zero-order chi connectivity index (χ0) is 23.0. The van der Waals surface area contributed by atoms with Crippen molar-refractivity contribution in [1.29, 1.82) is 0 Å². The van der Waals surface area contributed by atoms with E-state index < -0.39 is 16.1 Å². The number of halogens is 1. The minimum atomic E-state index is -0.510. The number of hydrogen-bond donors (Lipinski definition) is 0. The molecule has 2 heterocycles. The van der Waals surface area contributed by atoms with Gasteiger partial charge in [-0.1, -0.05) is 18.2 Å². The Balaban J connectivity index is 1.63. The summed E-state index contributed by atoms with van der Waals surface area (Å²) in [5.74, 6) is -0.447. The van der Waals surface area contributed by atoms with Gasteiger partial charge in [0.2, 0.25) is 0 Å². The molecule has 0 aliphatic carbocycles. The third-order valence-electron chi connectivity index (χ3n) is 5.23. The lowest BCUT2D eigenvalue weighted by atomic mass is 10.1. The zero-order valence-electron chi connectivity index (χ0n) is 17.2. The number of thioether (sulfide) groups is 1. The van der Waals surface area contributed by atoms with E-state index in [4.69, 9.17) is 0 Å². The van der Waals surface area contributed by atoms with E-state index >= 15 is 0 Å². The number of aromatic nitrogens is 1. The molecule has 0 atom stereocenters. The number of nitrogens with zero attached hydrogens (tertiary/aromatic N) is 3. The van der Waals surface area contributed by atoms with Crippen molar-refractivity contribution in [1.82, 2.24) is 9.47 Å². The normalized spacial score (nSPS) is 15.1. The van der Waals surface area contributed by atoms with Gasteiger partial charge in [0.25, 0.3) is 16.8 Å². The van der Waals surface area contributed by atoms with E-state index in [0.717, 1.165) is 42.9 Å². The van der Waals surface area contributed by atoms with Crippen molar-refractivity contribution < 1.29 is 14.5 Å². The molecule has 7 nitrogen and oxygen atoms in total. The van der Waals surface area contributed by atoms with Gasteiger partial charge in [-0.25, -0.2) is 0 Å². The second kappa shape index (κ2) is 8.91. The molecule has 0 radical (unpaired) electrons. The minimum Gasteiger partial charge on any atom is -0.318 e. The van der Waals surface area contributed by atoms with E-state index in [1.165, 1.54) is 6.07 Å². The number of benzene rings is 2. The Hall–Kier alpha value is -2.92. The lowest BCUT2D eigenvalue weighted by molar-refractivity contribution is -0.385. The Kier molecular flexibility index (Phi) is 6.20. The summed E-state index contributed by atoms with van der Waals surface area (Å²) >= 11 is 3.11. The molecule has 1 fully saturated rings. The van der Waals surface area contributed by atoms with Crippen LogP contribution in [0.3, 0.4) is 0 Å². The first-order valence-electron chi connectivity index (χ1n) is 9.69. The van der Waals surface area contributed by atoms with E-state index in [1.54, 1.807) is 24.3 Å². The van der Waals surface area contributed by atoms with Crippen molar-refractivity contribution in [3.63, 3.8) is 0 Å². The van der Waals surface area contributed by atoms with Crippen LogP contribution < -0.4 is 0 Å². The van der Waals surface area contributed by atoms with Crippen molar-refractivity contribution in [3.05, 3.63) is 95.7 Å². The number of para-hydroxylation sites is 1. The Morgan fingerprint density at radius 1 is 1.09 bits per heavy atom. The molecule has 1 aliphatic rings. The van der Waals surface area contributed by atoms with Crippen LogP contribution in [0.25, 0.3) is 11.8 Å². The second-order valence-corrected chi connectivity index (χ2v) is 9.53. The SMILES string of the molecule is Cc1cc(/C=C2\SC(=O)N(Cc3ccccc3[N+](=O)[O-])C2=O)c(C)n1-c1ccc(I)cc1. The Labute approximate surface area is 202 Å². The van der Waals surface area contributed by atoms with Crippen LogP contribution in [0.1, 0.15) is 22.5 Å². The van der Waals surface area contributed by atoms with Crippen LogP contribution >= 0.6 is 34.4 Å². The summed E-state index contributed by atoms with van der Waals surface area (Å²) in [6.45, 7) is 3.82. The number of carbonyl (C=O) groups excluding carboxylic acids is 2. The van der Waals surface area contributed by atoms with Gasteiger partial charge in [-0.15, -0.1) is 0 Å². The van der Waals surface area contributed by atoms with Gasteiger partial charge in [0.1, 0.15) is 0 Å². The lowest BCUT2D eigenvalue weighted by Gasteiger charge is -2.12. The molecule has 0 unspecified atom stereocenters. The molecule has 162 valence electrons. The summed E-state index contributed by atoms with van der Waals surface area (Å²) in [5.41, 5.74) is 4.03. The van der Waals surface area contributed by atoms with E-state index in [-0.39, 0.29) is 12.2 Å².